The first-order valence-electron chi connectivity index (χ1n) is 9.00. The summed E-state index contributed by atoms with van der Waals surface area (Å²) in [6.07, 6.45) is 0. The number of benzene rings is 3. The number of rotatable bonds is 4. The Bertz CT molecular complexity index is 1090. The van der Waals surface area contributed by atoms with Crippen molar-refractivity contribution in [1.82, 2.24) is 0 Å². The van der Waals surface area contributed by atoms with Gasteiger partial charge in [0.05, 0.1) is 5.56 Å². The van der Waals surface area contributed by atoms with Crippen LogP contribution in [0.2, 0.25) is 0 Å². The lowest BCUT2D eigenvalue weighted by atomic mass is 9.96. The predicted octanol–water partition coefficient (Wildman–Crippen LogP) is 3.94. The molecule has 1 aliphatic rings. The van der Waals surface area contributed by atoms with E-state index in [1.807, 2.05) is 49.4 Å². The summed E-state index contributed by atoms with van der Waals surface area (Å²) >= 11 is 0. The topological polar surface area (TPSA) is 82.1 Å². The molecule has 0 radical (unpaired) electrons. The van der Waals surface area contributed by atoms with Crippen molar-refractivity contribution < 1.29 is 28.9 Å². The van der Waals surface area contributed by atoms with Crippen molar-refractivity contribution in [3.8, 4) is 28.0 Å². The number of aryl methyl sites for hydroxylation is 1. The van der Waals surface area contributed by atoms with Crippen molar-refractivity contribution in [2.24, 2.45) is 0 Å². The lowest BCUT2D eigenvalue weighted by Crippen LogP contribution is -2.18. The highest BCUT2D eigenvalue weighted by molar-refractivity contribution is 5.95. The average molecular weight is 390 g/mol. The third-order valence-corrected chi connectivity index (χ3v) is 4.80. The van der Waals surface area contributed by atoms with Crippen LogP contribution in [0.15, 0.2) is 60.7 Å². The van der Waals surface area contributed by atoms with Crippen molar-refractivity contribution in [3.05, 3.63) is 77.4 Å². The average Bonchev–Trinajstić information content (AvgIpc) is 2.74. The molecule has 0 spiro atoms. The molecule has 0 saturated heterocycles. The number of fused-ring (bicyclic) bond motifs is 1. The fraction of sp³-hybridized carbons (Fsp3) is 0.130. The van der Waals surface area contributed by atoms with Crippen molar-refractivity contribution in [1.29, 1.82) is 0 Å². The van der Waals surface area contributed by atoms with Gasteiger partial charge in [-0.3, -0.25) is 0 Å². The molecule has 0 bridgehead atoms. The van der Waals surface area contributed by atoms with Crippen LogP contribution >= 0.6 is 0 Å². The monoisotopic (exact) mass is 390 g/mol. The number of carbonyl (C=O) groups excluding carboxylic acids is 2. The van der Waals surface area contributed by atoms with Gasteiger partial charge in [0.1, 0.15) is 11.3 Å². The Hall–Kier alpha value is -3.64. The number of hydrogen-bond donors (Lipinski definition) is 1. The Morgan fingerprint density at radius 3 is 2.21 bits per heavy atom. The van der Waals surface area contributed by atoms with Crippen LogP contribution in [0.3, 0.4) is 0 Å². The van der Waals surface area contributed by atoms with Crippen LogP contribution in [0.1, 0.15) is 26.3 Å². The van der Waals surface area contributed by atoms with E-state index in [9.17, 15) is 9.59 Å². The standard InChI is InChI=1S/C23H18O6/c1-14-10-17(6-8-19(14)22(25)27-12-24)15-2-4-16(5-3-15)18-7-9-21-20(11-18)23(26)29-13-28-21/h2-11,24H,12-13H2,1H3. The summed E-state index contributed by atoms with van der Waals surface area (Å²) in [6, 6.07) is 18.7. The van der Waals surface area contributed by atoms with Gasteiger partial charge in [0, 0.05) is 0 Å². The van der Waals surface area contributed by atoms with E-state index in [1.54, 1.807) is 18.2 Å². The fourth-order valence-corrected chi connectivity index (χ4v) is 3.28. The Labute approximate surface area is 167 Å². The molecular weight excluding hydrogens is 372 g/mol. The molecule has 4 rings (SSSR count). The first kappa shape index (κ1) is 18.7. The van der Waals surface area contributed by atoms with Gasteiger partial charge in [-0.2, -0.15) is 0 Å². The quantitative estimate of drug-likeness (QED) is 0.537. The number of ether oxygens (including phenoxy) is 3. The number of cyclic esters (lactones) is 1. The highest BCUT2D eigenvalue weighted by Crippen LogP contribution is 2.31. The van der Waals surface area contributed by atoms with Crippen LogP contribution in [0.4, 0.5) is 0 Å². The molecule has 6 heteroatoms. The van der Waals surface area contributed by atoms with Gasteiger partial charge < -0.3 is 19.3 Å². The number of hydrogen-bond acceptors (Lipinski definition) is 6. The van der Waals surface area contributed by atoms with Crippen LogP contribution in [-0.2, 0) is 9.47 Å². The molecule has 1 aliphatic heterocycles. The zero-order valence-corrected chi connectivity index (χ0v) is 15.7. The van der Waals surface area contributed by atoms with E-state index < -0.39 is 12.8 Å². The molecular formula is C23H18O6. The van der Waals surface area contributed by atoms with Gasteiger partial charge in [0.15, 0.2) is 6.79 Å². The van der Waals surface area contributed by atoms with E-state index in [-0.39, 0.29) is 12.8 Å². The number of esters is 2. The second-order valence-corrected chi connectivity index (χ2v) is 6.57. The molecule has 1 N–H and O–H groups in total. The molecule has 3 aromatic carbocycles. The smallest absolute Gasteiger partial charge is 0.344 e. The number of aliphatic hydroxyl groups excluding tert-OH is 1. The molecule has 6 nitrogen and oxygen atoms in total. The molecule has 0 aliphatic carbocycles. The first-order chi connectivity index (χ1) is 14.1. The van der Waals surface area contributed by atoms with Gasteiger partial charge in [-0.15, -0.1) is 0 Å². The molecule has 3 aromatic rings. The van der Waals surface area contributed by atoms with Crippen molar-refractivity contribution >= 4 is 11.9 Å². The zero-order valence-electron chi connectivity index (χ0n) is 15.7. The first-order valence-corrected chi connectivity index (χ1v) is 9.00. The maximum atomic E-state index is 11.9. The summed E-state index contributed by atoms with van der Waals surface area (Å²) in [7, 11) is 0. The summed E-state index contributed by atoms with van der Waals surface area (Å²) < 4.78 is 14.9. The van der Waals surface area contributed by atoms with E-state index in [1.165, 1.54) is 0 Å². The van der Waals surface area contributed by atoms with Gasteiger partial charge in [-0.25, -0.2) is 9.59 Å². The van der Waals surface area contributed by atoms with E-state index in [4.69, 9.17) is 14.6 Å². The zero-order chi connectivity index (χ0) is 20.4. The molecule has 0 unspecified atom stereocenters. The highest BCUT2D eigenvalue weighted by atomic mass is 16.7. The van der Waals surface area contributed by atoms with E-state index >= 15 is 0 Å². The van der Waals surface area contributed by atoms with Crippen LogP contribution in [0.25, 0.3) is 22.3 Å². The summed E-state index contributed by atoms with van der Waals surface area (Å²) in [4.78, 5) is 23.7. The minimum atomic E-state index is -0.645. The summed E-state index contributed by atoms with van der Waals surface area (Å²) in [6.45, 7) is 1.12. The lowest BCUT2D eigenvalue weighted by molar-refractivity contribution is 0.00444. The van der Waals surface area contributed by atoms with E-state index in [0.29, 0.717) is 16.9 Å². The fourth-order valence-electron chi connectivity index (χ4n) is 3.28. The van der Waals surface area contributed by atoms with Gasteiger partial charge in [0.25, 0.3) is 0 Å². The molecule has 0 aromatic heterocycles. The summed E-state index contributed by atoms with van der Waals surface area (Å²) in [5.74, 6) is -0.418. The van der Waals surface area contributed by atoms with E-state index in [0.717, 1.165) is 27.8 Å². The maximum absolute atomic E-state index is 11.9. The maximum Gasteiger partial charge on any atom is 0.344 e. The van der Waals surface area contributed by atoms with Crippen LogP contribution in [0.5, 0.6) is 5.75 Å². The van der Waals surface area contributed by atoms with Gasteiger partial charge in [0.2, 0.25) is 6.79 Å². The number of carbonyl (C=O) groups is 2. The summed E-state index contributed by atoms with van der Waals surface area (Å²) in [5.41, 5.74) is 5.38. The van der Waals surface area contributed by atoms with Crippen molar-refractivity contribution in [2.75, 3.05) is 13.6 Å². The SMILES string of the molecule is Cc1cc(-c2ccc(-c3ccc4c(c3)C(=O)OCO4)cc2)ccc1C(=O)OCO. The minimum Gasteiger partial charge on any atom is -0.456 e. The molecule has 0 saturated carbocycles. The molecule has 0 amide bonds. The Morgan fingerprint density at radius 1 is 0.931 bits per heavy atom. The highest BCUT2D eigenvalue weighted by Gasteiger charge is 2.20. The Balaban J connectivity index is 1.60. The minimum absolute atomic E-state index is 0.0597. The molecule has 1 heterocycles. The third-order valence-electron chi connectivity index (χ3n) is 4.80. The molecule has 0 atom stereocenters. The number of aliphatic hydroxyl groups is 1. The van der Waals surface area contributed by atoms with Crippen LogP contribution in [0, 0.1) is 6.92 Å². The van der Waals surface area contributed by atoms with Crippen molar-refractivity contribution in [2.45, 2.75) is 6.92 Å². The predicted molar refractivity (Wildman–Crippen MR) is 105 cm³/mol. The molecule has 0 fully saturated rings. The Morgan fingerprint density at radius 2 is 1.55 bits per heavy atom. The second kappa shape index (κ2) is 7.77. The normalized spacial score (nSPS) is 12.6. The van der Waals surface area contributed by atoms with Crippen LogP contribution < -0.4 is 4.74 Å². The third kappa shape index (κ3) is 3.70. The largest absolute Gasteiger partial charge is 0.456 e. The lowest BCUT2D eigenvalue weighted by Gasteiger charge is -2.17. The molecule has 146 valence electrons. The second-order valence-electron chi connectivity index (χ2n) is 6.57. The van der Waals surface area contributed by atoms with Crippen molar-refractivity contribution in [3.63, 3.8) is 0 Å². The van der Waals surface area contributed by atoms with Gasteiger partial charge in [-0.1, -0.05) is 42.5 Å². The molecule has 29 heavy (non-hydrogen) atoms. The van der Waals surface area contributed by atoms with Crippen LogP contribution in [-0.4, -0.2) is 30.6 Å². The summed E-state index contributed by atoms with van der Waals surface area (Å²) in [5, 5.41) is 8.75. The van der Waals surface area contributed by atoms with E-state index in [2.05, 4.69) is 4.74 Å². The Kier molecular flexibility index (Phi) is 5.01. The van der Waals surface area contributed by atoms with Gasteiger partial charge >= 0.3 is 11.9 Å². The van der Waals surface area contributed by atoms with Gasteiger partial charge in [-0.05, 0) is 52.9 Å².